The van der Waals surface area contributed by atoms with Crippen molar-refractivity contribution in [2.45, 2.75) is 25.8 Å². The van der Waals surface area contributed by atoms with Crippen LogP contribution in [0, 0.1) is 0 Å². The lowest BCUT2D eigenvalue weighted by Crippen LogP contribution is -2.16. The van der Waals surface area contributed by atoms with E-state index >= 15 is 0 Å². The number of aliphatic hydroxyl groups is 1. The molecule has 0 spiro atoms. The van der Waals surface area contributed by atoms with E-state index in [1.54, 1.807) is 7.11 Å². The fourth-order valence-electron chi connectivity index (χ4n) is 1.52. The summed E-state index contributed by atoms with van der Waals surface area (Å²) in [5.41, 5.74) is 7.44. The molecule has 90 valence electrons. The van der Waals surface area contributed by atoms with Gasteiger partial charge in [0.2, 0.25) is 0 Å². The van der Waals surface area contributed by atoms with Gasteiger partial charge in [0.25, 0.3) is 0 Å². The zero-order chi connectivity index (χ0) is 12.0. The zero-order valence-corrected chi connectivity index (χ0v) is 9.86. The van der Waals surface area contributed by atoms with E-state index in [0.29, 0.717) is 5.69 Å². The third-order valence-corrected chi connectivity index (χ3v) is 2.46. The molecule has 0 bridgehead atoms. The summed E-state index contributed by atoms with van der Waals surface area (Å²) in [6.45, 7) is 2.29. The number of methoxy groups -OCH3 is 1. The summed E-state index contributed by atoms with van der Waals surface area (Å²) in [5, 5.41) is 12.0. The van der Waals surface area contributed by atoms with Crippen molar-refractivity contribution in [1.82, 2.24) is 0 Å². The molecule has 1 rings (SSSR count). The van der Waals surface area contributed by atoms with E-state index < -0.39 is 0 Å². The van der Waals surface area contributed by atoms with E-state index in [1.807, 2.05) is 18.2 Å². The first kappa shape index (κ1) is 12.6. The molecule has 0 radical (unpaired) electrons. The van der Waals surface area contributed by atoms with Gasteiger partial charge in [-0.15, -0.1) is 0 Å². The molecule has 4 heteroatoms. The van der Waals surface area contributed by atoms with Gasteiger partial charge in [0.05, 0.1) is 18.5 Å². The first-order valence-corrected chi connectivity index (χ1v) is 5.48. The molecule has 1 unspecified atom stereocenters. The molecule has 0 amide bonds. The number of nitrogens with one attached hydrogen (secondary N) is 1. The highest BCUT2D eigenvalue weighted by molar-refractivity contribution is 5.68. The van der Waals surface area contributed by atoms with Gasteiger partial charge in [0, 0.05) is 18.7 Å². The van der Waals surface area contributed by atoms with Gasteiger partial charge in [0.1, 0.15) is 5.75 Å². The van der Waals surface area contributed by atoms with E-state index in [4.69, 9.17) is 15.6 Å². The number of benzene rings is 1. The van der Waals surface area contributed by atoms with Crippen molar-refractivity contribution < 1.29 is 9.84 Å². The molecule has 4 nitrogen and oxygen atoms in total. The first-order chi connectivity index (χ1) is 7.67. The average Bonchev–Trinajstić information content (AvgIpc) is 2.29. The second-order valence-electron chi connectivity index (χ2n) is 3.86. The van der Waals surface area contributed by atoms with Crippen molar-refractivity contribution in [3.05, 3.63) is 18.2 Å². The predicted molar refractivity (Wildman–Crippen MR) is 66.8 cm³/mol. The number of hydrogen-bond donors (Lipinski definition) is 3. The lowest BCUT2D eigenvalue weighted by molar-refractivity contribution is 0.282. The quantitative estimate of drug-likeness (QED) is 0.645. The number of rotatable bonds is 6. The van der Waals surface area contributed by atoms with Gasteiger partial charge >= 0.3 is 0 Å². The maximum absolute atomic E-state index is 8.75. The molecule has 4 N–H and O–H groups in total. The normalized spacial score (nSPS) is 12.2. The molecule has 0 heterocycles. The largest absolute Gasteiger partial charge is 0.497 e. The Morgan fingerprint density at radius 2 is 2.25 bits per heavy atom. The van der Waals surface area contributed by atoms with Crippen LogP contribution in [0.15, 0.2) is 18.2 Å². The van der Waals surface area contributed by atoms with Crippen LogP contribution in [-0.4, -0.2) is 24.9 Å². The molecular weight excluding hydrogens is 204 g/mol. The minimum absolute atomic E-state index is 0.222. The monoisotopic (exact) mass is 224 g/mol. The molecule has 0 saturated heterocycles. The van der Waals surface area contributed by atoms with Crippen molar-refractivity contribution >= 4 is 11.4 Å². The second kappa shape index (κ2) is 6.23. The zero-order valence-electron chi connectivity index (χ0n) is 9.86. The summed E-state index contributed by atoms with van der Waals surface area (Å²) in [6, 6.07) is 5.81. The summed E-state index contributed by atoms with van der Waals surface area (Å²) in [7, 11) is 1.63. The highest BCUT2D eigenvalue weighted by atomic mass is 16.5. The van der Waals surface area contributed by atoms with Gasteiger partial charge in [-0.3, -0.25) is 0 Å². The lowest BCUT2D eigenvalue weighted by atomic mass is 10.1. The lowest BCUT2D eigenvalue weighted by Gasteiger charge is -2.17. The Labute approximate surface area is 96.4 Å². The summed E-state index contributed by atoms with van der Waals surface area (Å²) in [5.74, 6) is 0.783. The van der Waals surface area contributed by atoms with Crippen molar-refractivity contribution in [2.75, 3.05) is 24.8 Å². The molecule has 0 aromatic heterocycles. The third-order valence-electron chi connectivity index (χ3n) is 2.46. The van der Waals surface area contributed by atoms with E-state index in [0.717, 1.165) is 24.3 Å². The highest BCUT2D eigenvalue weighted by Gasteiger charge is 2.05. The van der Waals surface area contributed by atoms with Crippen molar-refractivity contribution in [1.29, 1.82) is 0 Å². The van der Waals surface area contributed by atoms with E-state index in [2.05, 4.69) is 12.2 Å². The van der Waals surface area contributed by atoms with Gasteiger partial charge in [-0.1, -0.05) is 0 Å². The number of ether oxygens (including phenoxy) is 1. The van der Waals surface area contributed by atoms with Crippen LogP contribution in [-0.2, 0) is 0 Å². The second-order valence-corrected chi connectivity index (χ2v) is 3.86. The molecule has 0 fully saturated rings. The Kier molecular flexibility index (Phi) is 4.92. The molecule has 0 aliphatic carbocycles. The van der Waals surface area contributed by atoms with Crippen LogP contribution < -0.4 is 15.8 Å². The van der Waals surface area contributed by atoms with E-state index in [-0.39, 0.29) is 12.6 Å². The van der Waals surface area contributed by atoms with Crippen molar-refractivity contribution in [3.8, 4) is 5.75 Å². The Balaban J connectivity index is 2.64. The summed E-state index contributed by atoms with van der Waals surface area (Å²) >= 11 is 0. The fraction of sp³-hybridized carbons (Fsp3) is 0.500. The van der Waals surface area contributed by atoms with Crippen LogP contribution in [0.25, 0.3) is 0 Å². The van der Waals surface area contributed by atoms with Crippen LogP contribution >= 0.6 is 0 Å². The molecular formula is C12H20N2O2. The summed E-state index contributed by atoms with van der Waals surface area (Å²) < 4.78 is 5.14. The Bertz CT molecular complexity index is 329. The number of hydrogen-bond acceptors (Lipinski definition) is 4. The third kappa shape index (κ3) is 3.62. The number of aliphatic hydroxyl groups excluding tert-OH is 1. The predicted octanol–water partition coefficient (Wildman–Crippen LogP) is 1.85. The number of anilines is 2. The van der Waals surface area contributed by atoms with Crippen LogP contribution in [0.3, 0.4) is 0 Å². The van der Waals surface area contributed by atoms with E-state index in [9.17, 15) is 0 Å². The Morgan fingerprint density at radius 3 is 2.88 bits per heavy atom. The highest BCUT2D eigenvalue weighted by Crippen LogP contribution is 2.25. The topological polar surface area (TPSA) is 67.5 Å². The SMILES string of the molecule is COc1ccc(N)c(NC(C)CCCO)c1. The summed E-state index contributed by atoms with van der Waals surface area (Å²) in [6.07, 6.45) is 1.70. The average molecular weight is 224 g/mol. The van der Waals surface area contributed by atoms with E-state index in [1.165, 1.54) is 0 Å². The molecule has 0 aliphatic rings. The summed E-state index contributed by atoms with van der Waals surface area (Å²) in [4.78, 5) is 0. The molecule has 1 aromatic carbocycles. The van der Waals surface area contributed by atoms with Gasteiger partial charge in [0.15, 0.2) is 0 Å². The fourth-order valence-corrected chi connectivity index (χ4v) is 1.52. The number of nitrogen functional groups attached to an aromatic ring is 1. The standard InChI is InChI=1S/C12H20N2O2/c1-9(4-3-7-15)14-12-8-10(16-2)5-6-11(12)13/h5-6,8-9,14-15H,3-4,7,13H2,1-2H3. The molecule has 1 aromatic rings. The van der Waals surface area contributed by atoms with Crippen LogP contribution in [0.4, 0.5) is 11.4 Å². The molecule has 16 heavy (non-hydrogen) atoms. The molecule has 1 atom stereocenters. The Morgan fingerprint density at radius 1 is 1.50 bits per heavy atom. The van der Waals surface area contributed by atoms with Gasteiger partial charge in [-0.2, -0.15) is 0 Å². The van der Waals surface area contributed by atoms with Crippen LogP contribution in [0.1, 0.15) is 19.8 Å². The van der Waals surface area contributed by atoms with Gasteiger partial charge in [-0.25, -0.2) is 0 Å². The van der Waals surface area contributed by atoms with Crippen molar-refractivity contribution in [3.63, 3.8) is 0 Å². The van der Waals surface area contributed by atoms with Crippen LogP contribution in [0.5, 0.6) is 5.75 Å². The number of nitrogens with two attached hydrogens (primary N) is 1. The maximum atomic E-state index is 8.75. The maximum Gasteiger partial charge on any atom is 0.121 e. The molecule has 0 aliphatic heterocycles. The Hall–Kier alpha value is -1.42. The minimum Gasteiger partial charge on any atom is -0.497 e. The minimum atomic E-state index is 0.222. The van der Waals surface area contributed by atoms with Crippen molar-refractivity contribution in [2.24, 2.45) is 0 Å². The smallest absolute Gasteiger partial charge is 0.121 e. The van der Waals surface area contributed by atoms with Crippen LogP contribution in [0.2, 0.25) is 0 Å². The van der Waals surface area contributed by atoms with Gasteiger partial charge < -0.3 is 20.9 Å². The first-order valence-electron chi connectivity index (χ1n) is 5.48. The van der Waals surface area contributed by atoms with Gasteiger partial charge in [-0.05, 0) is 31.9 Å². The molecule has 0 saturated carbocycles.